The predicted molar refractivity (Wildman–Crippen MR) is 182 cm³/mol. The van der Waals surface area contributed by atoms with Crippen molar-refractivity contribution in [3.05, 3.63) is 77.9 Å². The molecule has 3 N–H and O–H groups in total. The number of carbonyl (C=O) groups excluding carboxylic acids is 3. The van der Waals surface area contributed by atoms with E-state index in [0.29, 0.717) is 34.8 Å². The van der Waals surface area contributed by atoms with Crippen molar-refractivity contribution >= 4 is 42.4 Å². The van der Waals surface area contributed by atoms with Crippen molar-refractivity contribution in [1.29, 1.82) is 0 Å². The van der Waals surface area contributed by atoms with E-state index in [-0.39, 0.29) is 48.3 Å². The maximum absolute atomic E-state index is 14.1. The number of benzene rings is 3. The molecular formula is C36H43N3O7Si. The van der Waals surface area contributed by atoms with Gasteiger partial charge in [0.2, 0.25) is 5.91 Å². The van der Waals surface area contributed by atoms with Gasteiger partial charge in [0.15, 0.2) is 5.60 Å². The van der Waals surface area contributed by atoms with Gasteiger partial charge in [-0.3, -0.25) is 14.4 Å². The number of carbonyl (C=O) groups is 3. The van der Waals surface area contributed by atoms with Crippen LogP contribution in [0.3, 0.4) is 0 Å². The van der Waals surface area contributed by atoms with E-state index in [1.807, 2.05) is 18.2 Å². The second-order valence-corrected chi connectivity index (χ2v) is 18.0. The largest absolute Gasteiger partial charge is 0.497 e. The van der Waals surface area contributed by atoms with Crippen LogP contribution in [0.15, 0.2) is 66.7 Å². The Morgan fingerprint density at radius 2 is 1.70 bits per heavy atom. The molecule has 3 heterocycles. The van der Waals surface area contributed by atoms with Gasteiger partial charge in [-0.15, -0.1) is 0 Å². The minimum absolute atomic E-state index is 0.0699. The molecule has 3 aliphatic rings. The van der Waals surface area contributed by atoms with E-state index in [4.69, 9.17) is 14.2 Å². The molecule has 248 valence electrons. The van der Waals surface area contributed by atoms with Crippen LogP contribution in [0.5, 0.6) is 11.5 Å². The molecule has 0 bridgehead atoms. The lowest BCUT2D eigenvalue weighted by molar-refractivity contribution is -0.148. The van der Waals surface area contributed by atoms with Crippen LogP contribution in [0.2, 0.25) is 18.6 Å². The molecule has 3 aromatic carbocycles. The van der Waals surface area contributed by atoms with Crippen LogP contribution >= 0.6 is 0 Å². The first kappa shape index (κ1) is 32.7. The molecule has 3 amide bonds. The molecule has 1 spiro atoms. The lowest BCUT2D eigenvalue weighted by Gasteiger charge is -2.37. The maximum Gasteiger partial charge on any atom is 0.261 e. The number of hydrogen-bond donors (Lipinski definition) is 3. The third-order valence-electron chi connectivity index (χ3n) is 10.5. The summed E-state index contributed by atoms with van der Waals surface area (Å²) in [6.07, 6.45) is 1.18. The van der Waals surface area contributed by atoms with Gasteiger partial charge < -0.3 is 34.9 Å². The molecule has 2 fully saturated rings. The Kier molecular flexibility index (Phi) is 8.90. The molecular weight excluding hydrogens is 614 g/mol. The van der Waals surface area contributed by atoms with Crippen LogP contribution in [0.1, 0.15) is 42.1 Å². The first-order valence-corrected chi connectivity index (χ1v) is 19.2. The van der Waals surface area contributed by atoms with E-state index >= 15 is 0 Å². The van der Waals surface area contributed by atoms with Crippen molar-refractivity contribution < 1.29 is 33.7 Å². The fraction of sp³-hybridized carbons (Fsp3) is 0.417. The number of rotatable bonds is 9. The number of anilines is 2. The van der Waals surface area contributed by atoms with Crippen molar-refractivity contribution in [2.24, 2.45) is 5.92 Å². The van der Waals surface area contributed by atoms with E-state index in [1.165, 1.54) is 5.19 Å². The van der Waals surface area contributed by atoms with E-state index in [9.17, 15) is 19.5 Å². The van der Waals surface area contributed by atoms with Crippen molar-refractivity contribution in [3.63, 3.8) is 0 Å². The minimum atomic E-state index is -2.44. The molecule has 0 radical (unpaired) electrons. The molecule has 2 saturated heterocycles. The van der Waals surface area contributed by atoms with Crippen molar-refractivity contribution in [2.75, 3.05) is 38.0 Å². The second kappa shape index (κ2) is 12.8. The lowest BCUT2D eigenvalue weighted by Crippen LogP contribution is -2.52. The van der Waals surface area contributed by atoms with Gasteiger partial charge in [-0.25, -0.2) is 0 Å². The van der Waals surface area contributed by atoms with E-state index in [0.717, 1.165) is 18.6 Å². The first-order valence-electron chi connectivity index (χ1n) is 16.2. The summed E-state index contributed by atoms with van der Waals surface area (Å²) < 4.78 is 17.6. The number of hydrogen-bond acceptors (Lipinski definition) is 7. The topological polar surface area (TPSA) is 126 Å². The number of likely N-dealkylation sites (tertiary alicyclic amines) is 1. The number of aliphatic hydroxyl groups is 1. The quantitative estimate of drug-likeness (QED) is 0.290. The fourth-order valence-electron chi connectivity index (χ4n) is 8.00. The van der Waals surface area contributed by atoms with Crippen LogP contribution in [0.25, 0.3) is 0 Å². The predicted octanol–water partition coefficient (Wildman–Crippen LogP) is 4.50. The van der Waals surface area contributed by atoms with Gasteiger partial charge in [0, 0.05) is 35.0 Å². The Morgan fingerprint density at radius 1 is 1.04 bits per heavy atom. The number of nitrogens with one attached hydrogen (secondary N) is 2. The molecule has 11 heteroatoms. The number of aliphatic hydroxyl groups excluding tert-OH is 1. The van der Waals surface area contributed by atoms with Crippen LogP contribution in [0.4, 0.5) is 11.4 Å². The van der Waals surface area contributed by atoms with Gasteiger partial charge >= 0.3 is 0 Å². The summed E-state index contributed by atoms with van der Waals surface area (Å²) in [6.45, 7) is 7.11. The van der Waals surface area contributed by atoms with Gasteiger partial charge in [0.1, 0.15) is 11.5 Å². The molecule has 5 atom stereocenters. The third-order valence-corrected chi connectivity index (χ3v) is 14.8. The first-order chi connectivity index (χ1) is 22.5. The molecule has 3 aromatic rings. The van der Waals surface area contributed by atoms with Gasteiger partial charge in [-0.1, -0.05) is 37.3 Å². The Labute approximate surface area is 276 Å². The third kappa shape index (κ3) is 5.70. The summed E-state index contributed by atoms with van der Waals surface area (Å²) in [6, 6.07) is 20.1. The highest BCUT2D eigenvalue weighted by molar-refractivity contribution is 6.91. The number of nitrogens with zero attached hydrogens (tertiary/aromatic N) is 1. The van der Waals surface area contributed by atoms with Gasteiger partial charge in [-0.05, 0) is 73.0 Å². The van der Waals surface area contributed by atoms with Crippen molar-refractivity contribution in [1.82, 2.24) is 4.90 Å². The molecule has 0 aliphatic carbocycles. The van der Waals surface area contributed by atoms with Gasteiger partial charge in [0.25, 0.3) is 11.8 Å². The van der Waals surface area contributed by atoms with Gasteiger partial charge in [-0.2, -0.15) is 0 Å². The second-order valence-electron chi connectivity index (χ2n) is 13.3. The summed E-state index contributed by atoms with van der Waals surface area (Å²) in [5.41, 5.74) is 0.792. The highest BCUT2D eigenvalue weighted by Gasteiger charge is 2.65. The normalized spacial score (nSPS) is 25.1. The fourth-order valence-corrected chi connectivity index (χ4v) is 12.0. The number of amides is 3. The Hall–Kier alpha value is -4.19. The average molecular weight is 658 g/mol. The van der Waals surface area contributed by atoms with Crippen LogP contribution < -0.4 is 25.3 Å². The molecule has 47 heavy (non-hydrogen) atoms. The average Bonchev–Trinajstić information content (AvgIpc) is 3.75. The van der Waals surface area contributed by atoms with E-state index in [1.54, 1.807) is 55.5 Å². The van der Waals surface area contributed by atoms with Crippen molar-refractivity contribution in [3.8, 4) is 11.5 Å². The zero-order valence-corrected chi connectivity index (χ0v) is 28.5. The molecule has 0 unspecified atom stereocenters. The SMILES string of the molecule is COc1ccc(C(=O)Nc2ccc3c(c2)[C@]2(O[C@@H](CC(=O)N4CCC[C@H]4CO)[C@H]([Si](C)(C)c4ccc(OC)cc4)[C@H]2C)C(=O)N3)cc1. The number of fused-ring (bicyclic) bond motifs is 2. The smallest absolute Gasteiger partial charge is 0.261 e. The monoisotopic (exact) mass is 657 g/mol. The standard InChI is InChI=1S/C36H43N3O7Si/c1-22-33(47(4,5)28-15-13-27(45-3)14-16-28)31(20-32(41)39-18-6-7-25(39)21-40)46-36(22)29-19-24(10-17-30(29)38-35(36)43)37-34(42)23-8-11-26(44-2)12-9-23/h8-17,19,22,25,31,33,40H,6-7,18,20-21H2,1-5H3,(H,37,42)(H,38,43)/t22-,25+,31+,33-,36+/m1/s1. The highest BCUT2D eigenvalue weighted by atomic mass is 28.3. The zero-order valence-electron chi connectivity index (χ0n) is 27.5. The molecule has 3 aliphatic heterocycles. The molecule has 10 nitrogen and oxygen atoms in total. The van der Waals surface area contributed by atoms with Gasteiger partial charge in [0.05, 0.1) is 47.5 Å². The van der Waals surface area contributed by atoms with E-state index in [2.05, 4.69) is 42.8 Å². The lowest BCUT2D eigenvalue weighted by atomic mass is 9.82. The highest BCUT2D eigenvalue weighted by Crippen LogP contribution is 2.59. The summed E-state index contributed by atoms with van der Waals surface area (Å²) in [5.74, 6) is 0.475. The van der Waals surface area contributed by atoms with Crippen LogP contribution in [-0.4, -0.2) is 75.3 Å². The Bertz CT molecular complexity index is 1660. The van der Waals surface area contributed by atoms with Crippen LogP contribution in [-0.2, 0) is 19.9 Å². The minimum Gasteiger partial charge on any atom is -0.497 e. The summed E-state index contributed by atoms with van der Waals surface area (Å²) >= 11 is 0. The van der Waals surface area contributed by atoms with E-state index < -0.39 is 19.8 Å². The summed E-state index contributed by atoms with van der Waals surface area (Å²) in [7, 11) is 0.770. The molecule has 0 aromatic heterocycles. The molecule has 6 rings (SSSR count). The maximum atomic E-state index is 14.1. The Morgan fingerprint density at radius 3 is 2.34 bits per heavy atom. The zero-order chi connectivity index (χ0) is 33.5. The number of ether oxygens (including phenoxy) is 3. The Balaban J connectivity index is 1.37. The van der Waals surface area contributed by atoms with Crippen molar-refractivity contribution in [2.45, 2.75) is 62.6 Å². The molecule has 0 saturated carbocycles. The number of methoxy groups -OCH3 is 2. The summed E-state index contributed by atoms with van der Waals surface area (Å²) in [5, 5.41) is 17.1. The van der Waals surface area contributed by atoms with Crippen LogP contribution in [0, 0.1) is 5.92 Å². The summed E-state index contributed by atoms with van der Waals surface area (Å²) in [4.78, 5) is 42.9.